The highest BCUT2D eigenvalue weighted by Crippen LogP contribution is 2.28. The maximum atomic E-state index is 13.2. The summed E-state index contributed by atoms with van der Waals surface area (Å²) >= 11 is 3.42. The van der Waals surface area contributed by atoms with Gasteiger partial charge >= 0.3 is 5.97 Å². The van der Waals surface area contributed by atoms with Gasteiger partial charge in [0.15, 0.2) is 17.6 Å². The molecule has 0 radical (unpaired) electrons. The molecule has 3 rings (SSSR count). The summed E-state index contributed by atoms with van der Waals surface area (Å²) in [4.78, 5) is 29.8. The molecule has 0 aliphatic heterocycles. The van der Waals surface area contributed by atoms with E-state index in [1.807, 2.05) is 12.1 Å². The van der Waals surface area contributed by atoms with Crippen LogP contribution in [0.15, 0.2) is 50.8 Å². The smallest absolute Gasteiger partial charge is 0.347 e. The third kappa shape index (κ3) is 6.02. The first-order valence-electron chi connectivity index (χ1n) is 11.1. The summed E-state index contributed by atoms with van der Waals surface area (Å²) in [5.74, 6) is 0.982. The molecule has 0 saturated heterocycles. The highest BCUT2D eigenvalue weighted by atomic mass is 79.9. The van der Waals surface area contributed by atoms with Crippen LogP contribution in [0.2, 0.25) is 0 Å². The quantitative estimate of drug-likeness (QED) is 0.278. The van der Waals surface area contributed by atoms with Gasteiger partial charge < -0.3 is 14.2 Å². The molecule has 2 aromatic carbocycles. The number of esters is 1. The van der Waals surface area contributed by atoms with Crippen molar-refractivity contribution < 1.29 is 19.0 Å². The molecule has 0 unspecified atom stereocenters. The Morgan fingerprint density at radius 3 is 2.71 bits per heavy atom. The zero-order chi connectivity index (χ0) is 24.7. The van der Waals surface area contributed by atoms with Crippen molar-refractivity contribution in [2.45, 2.75) is 46.1 Å². The Balaban J connectivity index is 1.95. The first-order valence-corrected chi connectivity index (χ1v) is 11.9. The molecule has 0 fully saturated rings. The molecule has 0 aliphatic carbocycles. The van der Waals surface area contributed by atoms with Crippen LogP contribution in [0.3, 0.4) is 0 Å². The van der Waals surface area contributed by atoms with Crippen molar-refractivity contribution in [2.75, 3.05) is 13.7 Å². The molecule has 3 aromatic rings. The van der Waals surface area contributed by atoms with E-state index in [4.69, 9.17) is 14.2 Å². The third-order valence-corrected chi connectivity index (χ3v) is 5.55. The fourth-order valence-corrected chi connectivity index (χ4v) is 3.66. The van der Waals surface area contributed by atoms with Crippen LogP contribution in [0.25, 0.3) is 10.9 Å². The summed E-state index contributed by atoms with van der Waals surface area (Å²) in [6, 6.07) is 10.6. The molecule has 0 amide bonds. The minimum absolute atomic E-state index is 0.233. The number of benzene rings is 2. The number of hydrogen-bond acceptors (Lipinski definition) is 7. The maximum absolute atomic E-state index is 13.2. The second-order valence-electron chi connectivity index (χ2n) is 7.58. The molecule has 0 N–H and O–H groups in total. The zero-order valence-electron chi connectivity index (χ0n) is 19.7. The van der Waals surface area contributed by atoms with Crippen LogP contribution in [0, 0.1) is 0 Å². The van der Waals surface area contributed by atoms with Gasteiger partial charge in [-0.15, -0.1) is 0 Å². The lowest BCUT2D eigenvalue weighted by Crippen LogP contribution is -2.26. The number of hydrogen-bond donors (Lipinski definition) is 0. The van der Waals surface area contributed by atoms with Crippen LogP contribution in [0.5, 0.6) is 11.5 Å². The monoisotopic (exact) mass is 529 g/mol. The van der Waals surface area contributed by atoms with Gasteiger partial charge in [0.25, 0.3) is 5.56 Å². The first-order chi connectivity index (χ1) is 16.4. The van der Waals surface area contributed by atoms with Crippen LogP contribution in [0.1, 0.15) is 45.0 Å². The summed E-state index contributed by atoms with van der Waals surface area (Å²) < 4.78 is 18.3. The van der Waals surface area contributed by atoms with E-state index in [2.05, 4.69) is 32.9 Å². The number of unbranched alkanes of at least 4 members (excludes halogenated alkanes) is 1. The number of carbonyl (C=O) groups excluding carboxylic acids is 1. The van der Waals surface area contributed by atoms with Gasteiger partial charge in [-0.1, -0.05) is 29.3 Å². The number of rotatable bonds is 10. The number of methoxy groups -OCH3 is 1. The van der Waals surface area contributed by atoms with Crippen molar-refractivity contribution in [2.24, 2.45) is 5.10 Å². The van der Waals surface area contributed by atoms with Crippen molar-refractivity contribution in [1.29, 1.82) is 0 Å². The predicted molar refractivity (Wildman–Crippen MR) is 135 cm³/mol. The minimum atomic E-state index is -0.781. The van der Waals surface area contributed by atoms with E-state index < -0.39 is 12.1 Å². The Hall–Kier alpha value is -3.20. The Morgan fingerprint density at radius 1 is 1.21 bits per heavy atom. The van der Waals surface area contributed by atoms with Crippen molar-refractivity contribution in [3.8, 4) is 11.5 Å². The van der Waals surface area contributed by atoms with Gasteiger partial charge in [0.2, 0.25) is 0 Å². The lowest BCUT2D eigenvalue weighted by Gasteiger charge is -2.16. The van der Waals surface area contributed by atoms with E-state index in [9.17, 15) is 9.59 Å². The molecule has 9 heteroatoms. The number of nitrogens with zero attached hydrogens (tertiary/aromatic N) is 3. The van der Waals surface area contributed by atoms with Gasteiger partial charge in [0, 0.05) is 10.9 Å². The van der Waals surface area contributed by atoms with E-state index in [1.54, 1.807) is 44.3 Å². The molecule has 0 saturated carbocycles. The van der Waals surface area contributed by atoms with Crippen molar-refractivity contribution >= 4 is 39.0 Å². The number of ether oxygens (including phenoxy) is 3. The topological polar surface area (TPSA) is 92.0 Å². The van der Waals surface area contributed by atoms with Crippen LogP contribution < -0.4 is 15.0 Å². The van der Waals surface area contributed by atoms with E-state index in [-0.39, 0.29) is 12.2 Å². The number of halogens is 1. The van der Waals surface area contributed by atoms with Crippen molar-refractivity contribution in [3.05, 3.63) is 62.6 Å². The Bertz CT molecular complexity index is 1260. The fourth-order valence-electron chi connectivity index (χ4n) is 3.29. The number of carbonyl (C=O) groups is 1. The molecule has 0 aliphatic rings. The second-order valence-corrected chi connectivity index (χ2v) is 8.49. The Morgan fingerprint density at radius 2 is 2.00 bits per heavy atom. The predicted octanol–water partition coefficient (Wildman–Crippen LogP) is 4.72. The van der Waals surface area contributed by atoms with Crippen LogP contribution in [-0.4, -0.2) is 41.7 Å². The Kier molecular flexibility index (Phi) is 8.81. The van der Waals surface area contributed by atoms with Gasteiger partial charge in [0.05, 0.1) is 30.8 Å². The summed E-state index contributed by atoms with van der Waals surface area (Å²) in [5.41, 5.74) is 1.10. The summed E-state index contributed by atoms with van der Waals surface area (Å²) in [6.45, 7) is 5.71. The molecule has 1 heterocycles. The minimum Gasteiger partial charge on any atom is -0.493 e. The molecule has 0 bridgehead atoms. The van der Waals surface area contributed by atoms with Gasteiger partial charge in [-0.05, 0) is 62.2 Å². The van der Waals surface area contributed by atoms with Gasteiger partial charge in [0.1, 0.15) is 5.82 Å². The highest BCUT2D eigenvalue weighted by molar-refractivity contribution is 9.10. The molecule has 0 spiro atoms. The molecular formula is C25H28BrN3O5. The van der Waals surface area contributed by atoms with E-state index >= 15 is 0 Å². The molecule has 34 heavy (non-hydrogen) atoms. The summed E-state index contributed by atoms with van der Waals surface area (Å²) in [6.07, 6.45) is 3.29. The summed E-state index contributed by atoms with van der Waals surface area (Å²) in [7, 11) is 1.51. The SMILES string of the molecule is CCCCc1nc2ccc(Br)cc2c(=O)n1N=Cc1ccc(O[C@@H](C)C(=O)OCC)c(OC)c1. The van der Waals surface area contributed by atoms with Crippen molar-refractivity contribution in [1.82, 2.24) is 9.66 Å². The standard InChI is InChI=1S/C25H28BrN3O5/c1-5-7-8-23-28-20-11-10-18(26)14-19(20)24(30)29(23)27-15-17-9-12-21(22(13-17)32-4)34-16(3)25(31)33-6-2/h9-16H,5-8H2,1-4H3/t16-/m0/s1. The van der Waals surface area contributed by atoms with Crippen LogP contribution >= 0.6 is 15.9 Å². The fraction of sp³-hybridized carbons (Fsp3) is 0.360. The van der Waals surface area contributed by atoms with E-state index in [0.717, 1.165) is 17.3 Å². The lowest BCUT2D eigenvalue weighted by molar-refractivity contribution is -0.150. The maximum Gasteiger partial charge on any atom is 0.347 e. The molecule has 1 aromatic heterocycles. The molecule has 180 valence electrons. The van der Waals surface area contributed by atoms with E-state index in [1.165, 1.54) is 11.8 Å². The summed E-state index contributed by atoms with van der Waals surface area (Å²) in [5, 5.41) is 4.95. The second kappa shape index (κ2) is 11.8. The highest BCUT2D eigenvalue weighted by Gasteiger charge is 2.18. The lowest BCUT2D eigenvalue weighted by atomic mass is 10.2. The van der Waals surface area contributed by atoms with Gasteiger partial charge in [-0.2, -0.15) is 9.78 Å². The zero-order valence-corrected chi connectivity index (χ0v) is 21.3. The molecule has 8 nitrogen and oxygen atoms in total. The van der Waals surface area contributed by atoms with Crippen molar-refractivity contribution in [3.63, 3.8) is 0 Å². The molecule has 1 atom stereocenters. The van der Waals surface area contributed by atoms with Crippen LogP contribution in [0.4, 0.5) is 0 Å². The van der Waals surface area contributed by atoms with E-state index in [0.29, 0.717) is 40.2 Å². The average Bonchev–Trinajstić information content (AvgIpc) is 2.83. The molecular weight excluding hydrogens is 502 g/mol. The first kappa shape index (κ1) is 25.4. The number of aryl methyl sites for hydroxylation is 1. The number of aromatic nitrogens is 2. The van der Waals surface area contributed by atoms with Gasteiger partial charge in [-0.3, -0.25) is 4.79 Å². The third-order valence-electron chi connectivity index (χ3n) is 5.06. The normalized spacial score (nSPS) is 12.1. The van der Waals surface area contributed by atoms with Crippen LogP contribution in [-0.2, 0) is 16.0 Å². The number of fused-ring (bicyclic) bond motifs is 1. The van der Waals surface area contributed by atoms with Gasteiger partial charge in [-0.25, -0.2) is 9.78 Å². The Labute approximate surface area is 206 Å². The largest absolute Gasteiger partial charge is 0.493 e. The average molecular weight is 530 g/mol.